The van der Waals surface area contributed by atoms with Gasteiger partial charge in [0.2, 0.25) is 0 Å². The highest BCUT2D eigenvalue weighted by Crippen LogP contribution is 2.27. The summed E-state index contributed by atoms with van der Waals surface area (Å²) in [6.45, 7) is -0.903. The number of hydrogen-bond donors (Lipinski definition) is 2. The number of benzene rings is 1. The largest absolute Gasteiger partial charge is 0.492 e. The number of alkyl halides is 3. The Kier molecular flexibility index (Phi) is 4.30. The Morgan fingerprint density at radius 3 is 2.63 bits per heavy atom. The first-order chi connectivity index (χ1) is 8.71. The molecule has 104 valence electrons. The lowest BCUT2D eigenvalue weighted by Crippen LogP contribution is -2.39. The molecule has 0 heterocycles. The summed E-state index contributed by atoms with van der Waals surface area (Å²) in [5.74, 6) is -3.41. The molecule has 1 aromatic rings. The topological polar surface area (TPSA) is 102 Å². The van der Waals surface area contributed by atoms with Crippen molar-refractivity contribution in [3.8, 4) is 5.75 Å². The molecule has 0 aliphatic carbocycles. The van der Waals surface area contributed by atoms with Crippen molar-refractivity contribution in [3.05, 3.63) is 34.4 Å². The standard InChI is InChI=1S/C10H10F3N3O3/c11-10(12,13)8(9(14)15)5-19-7-3-1-2-6(4-7)16(17)18/h1-4,8H,5H2,(H3,14,15). The molecule has 1 aromatic carbocycles. The second-order valence-electron chi connectivity index (χ2n) is 3.62. The summed E-state index contributed by atoms with van der Waals surface area (Å²) in [5.41, 5.74) is 4.54. The molecule has 0 aliphatic rings. The van der Waals surface area contributed by atoms with Crippen molar-refractivity contribution in [1.82, 2.24) is 0 Å². The first-order valence-corrected chi connectivity index (χ1v) is 4.99. The number of nitrogens with one attached hydrogen (secondary N) is 1. The molecule has 19 heavy (non-hydrogen) atoms. The molecule has 0 amide bonds. The van der Waals surface area contributed by atoms with E-state index in [2.05, 4.69) is 0 Å². The predicted molar refractivity (Wildman–Crippen MR) is 60.1 cm³/mol. The fourth-order valence-corrected chi connectivity index (χ4v) is 1.23. The van der Waals surface area contributed by atoms with E-state index in [9.17, 15) is 23.3 Å². The van der Waals surface area contributed by atoms with Crippen molar-refractivity contribution >= 4 is 11.5 Å². The molecule has 1 rings (SSSR count). The normalized spacial score (nSPS) is 12.8. The maximum Gasteiger partial charge on any atom is 0.401 e. The van der Waals surface area contributed by atoms with Gasteiger partial charge in [-0.3, -0.25) is 15.5 Å². The zero-order valence-corrected chi connectivity index (χ0v) is 9.48. The lowest BCUT2D eigenvalue weighted by atomic mass is 10.1. The second kappa shape index (κ2) is 5.55. The quantitative estimate of drug-likeness (QED) is 0.372. The number of ether oxygens (including phenoxy) is 1. The summed E-state index contributed by atoms with van der Waals surface area (Å²) < 4.78 is 42.2. The average molecular weight is 277 g/mol. The van der Waals surface area contributed by atoms with Crippen LogP contribution in [0.15, 0.2) is 24.3 Å². The van der Waals surface area contributed by atoms with E-state index < -0.39 is 29.5 Å². The number of non-ortho nitro benzene ring substituents is 1. The Morgan fingerprint density at radius 1 is 1.53 bits per heavy atom. The third-order valence-electron chi connectivity index (χ3n) is 2.22. The van der Waals surface area contributed by atoms with Crippen LogP contribution >= 0.6 is 0 Å². The van der Waals surface area contributed by atoms with Crippen molar-refractivity contribution < 1.29 is 22.8 Å². The molecule has 0 aliphatic heterocycles. The van der Waals surface area contributed by atoms with Crippen LogP contribution in [0.25, 0.3) is 0 Å². The van der Waals surface area contributed by atoms with Gasteiger partial charge in [-0.25, -0.2) is 0 Å². The number of nitrogens with two attached hydrogens (primary N) is 1. The van der Waals surface area contributed by atoms with E-state index in [4.69, 9.17) is 15.9 Å². The predicted octanol–water partition coefficient (Wildman–Crippen LogP) is 2.09. The molecular weight excluding hydrogens is 267 g/mol. The number of halogens is 3. The Hall–Kier alpha value is -2.32. The Bertz CT molecular complexity index is 490. The zero-order valence-electron chi connectivity index (χ0n) is 9.48. The van der Waals surface area contributed by atoms with Crippen LogP contribution in [-0.4, -0.2) is 23.5 Å². The van der Waals surface area contributed by atoms with Crippen LogP contribution in [0.4, 0.5) is 18.9 Å². The van der Waals surface area contributed by atoms with Crippen molar-refractivity contribution in [2.24, 2.45) is 11.7 Å². The minimum Gasteiger partial charge on any atom is -0.492 e. The summed E-state index contributed by atoms with van der Waals surface area (Å²) in [5, 5.41) is 17.3. The molecule has 3 N–H and O–H groups in total. The summed E-state index contributed by atoms with van der Waals surface area (Å²) in [7, 11) is 0. The van der Waals surface area contributed by atoms with Gasteiger partial charge >= 0.3 is 6.18 Å². The number of nitrogens with zero attached hydrogens (tertiary/aromatic N) is 1. The Labute approximate surface area is 105 Å². The number of amidine groups is 1. The maximum absolute atomic E-state index is 12.5. The van der Waals surface area contributed by atoms with Crippen LogP contribution in [0.1, 0.15) is 0 Å². The minimum absolute atomic E-state index is 0.0929. The molecule has 0 saturated heterocycles. The van der Waals surface area contributed by atoms with Gasteiger partial charge in [-0.2, -0.15) is 13.2 Å². The number of nitro benzene ring substituents is 1. The molecule has 0 saturated carbocycles. The zero-order chi connectivity index (χ0) is 14.6. The second-order valence-corrected chi connectivity index (χ2v) is 3.62. The molecule has 0 aromatic heterocycles. The average Bonchev–Trinajstić information content (AvgIpc) is 2.27. The van der Waals surface area contributed by atoms with Gasteiger partial charge in [0, 0.05) is 6.07 Å². The first-order valence-electron chi connectivity index (χ1n) is 4.99. The van der Waals surface area contributed by atoms with Crippen LogP contribution in [0.5, 0.6) is 5.75 Å². The monoisotopic (exact) mass is 277 g/mol. The van der Waals surface area contributed by atoms with Crippen molar-refractivity contribution in [1.29, 1.82) is 5.41 Å². The third-order valence-corrected chi connectivity index (χ3v) is 2.22. The van der Waals surface area contributed by atoms with Gasteiger partial charge < -0.3 is 10.5 Å². The van der Waals surface area contributed by atoms with E-state index in [0.29, 0.717) is 0 Å². The minimum atomic E-state index is -4.70. The summed E-state index contributed by atoms with van der Waals surface area (Å²) >= 11 is 0. The van der Waals surface area contributed by atoms with Gasteiger partial charge in [-0.15, -0.1) is 0 Å². The molecule has 1 atom stereocenters. The molecule has 0 bridgehead atoms. The number of rotatable bonds is 5. The van der Waals surface area contributed by atoms with Crippen LogP contribution in [0.2, 0.25) is 0 Å². The maximum atomic E-state index is 12.5. The summed E-state index contributed by atoms with van der Waals surface area (Å²) in [4.78, 5) is 9.78. The van der Waals surface area contributed by atoms with Crippen molar-refractivity contribution in [2.45, 2.75) is 6.18 Å². The van der Waals surface area contributed by atoms with Gasteiger partial charge in [0.15, 0.2) is 0 Å². The smallest absolute Gasteiger partial charge is 0.401 e. The molecular formula is C10H10F3N3O3. The third kappa shape index (κ3) is 4.12. The first kappa shape index (κ1) is 14.7. The highest BCUT2D eigenvalue weighted by atomic mass is 19.4. The van der Waals surface area contributed by atoms with Crippen molar-refractivity contribution in [2.75, 3.05) is 6.61 Å². The SMILES string of the molecule is N=C(N)C(COc1cccc([N+](=O)[O-])c1)C(F)(F)F. The van der Waals surface area contributed by atoms with E-state index >= 15 is 0 Å². The van der Waals surface area contributed by atoms with Crippen LogP contribution < -0.4 is 10.5 Å². The molecule has 9 heteroatoms. The lowest BCUT2D eigenvalue weighted by Gasteiger charge is -2.19. The molecule has 0 fully saturated rings. The Balaban J connectivity index is 2.78. The summed E-state index contributed by atoms with van der Waals surface area (Å²) in [6, 6.07) is 4.73. The van der Waals surface area contributed by atoms with E-state index in [1.807, 2.05) is 0 Å². The molecule has 6 nitrogen and oxygen atoms in total. The highest BCUT2D eigenvalue weighted by molar-refractivity contribution is 5.80. The fraction of sp³-hybridized carbons (Fsp3) is 0.300. The lowest BCUT2D eigenvalue weighted by molar-refractivity contribution is -0.384. The van der Waals surface area contributed by atoms with E-state index in [0.717, 1.165) is 6.07 Å². The number of nitro groups is 1. The molecule has 0 spiro atoms. The van der Waals surface area contributed by atoms with Crippen LogP contribution in [0.3, 0.4) is 0 Å². The number of hydrogen-bond acceptors (Lipinski definition) is 4. The summed E-state index contributed by atoms with van der Waals surface area (Å²) in [6.07, 6.45) is -4.70. The fourth-order valence-electron chi connectivity index (χ4n) is 1.23. The van der Waals surface area contributed by atoms with Gasteiger partial charge in [0.1, 0.15) is 24.1 Å². The Morgan fingerprint density at radius 2 is 2.16 bits per heavy atom. The van der Waals surface area contributed by atoms with E-state index in [1.165, 1.54) is 18.2 Å². The molecule has 1 unspecified atom stereocenters. The van der Waals surface area contributed by atoms with Gasteiger partial charge in [0.25, 0.3) is 5.69 Å². The highest BCUT2D eigenvalue weighted by Gasteiger charge is 2.42. The molecule has 0 radical (unpaired) electrons. The van der Waals surface area contributed by atoms with E-state index in [-0.39, 0.29) is 11.4 Å². The van der Waals surface area contributed by atoms with Crippen molar-refractivity contribution in [3.63, 3.8) is 0 Å². The van der Waals surface area contributed by atoms with Crippen LogP contribution in [-0.2, 0) is 0 Å². The van der Waals surface area contributed by atoms with Gasteiger partial charge in [0.05, 0.1) is 11.0 Å². The van der Waals surface area contributed by atoms with Gasteiger partial charge in [-0.1, -0.05) is 6.07 Å². The van der Waals surface area contributed by atoms with Gasteiger partial charge in [-0.05, 0) is 6.07 Å². The van der Waals surface area contributed by atoms with E-state index in [1.54, 1.807) is 0 Å². The van der Waals surface area contributed by atoms with Crippen LogP contribution in [0, 0.1) is 21.4 Å².